The molecule has 2 atom stereocenters. The van der Waals surface area contributed by atoms with E-state index < -0.39 is 46.4 Å². The van der Waals surface area contributed by atoms with Gasteiger partial charge < -0.3 is 15.3 Å². The second-order valence-corrected chi connectivity index (χ2v) is 10.3. The standard InChI is InChI=1S/C27H32N4O7/c1-17(2)14-22(23(32)28-21(24(33)34)15-18-8-6-5-7-9-18)30-25(35)27(3,4)29(26(30)36)16-19-10-12-20(13-11-19)31(37)38/h5-13,17,21-22H,14-16H2,1-4H3,(H,28,32)(H,33,34). The van der Waals surface area contributed by atoms with Crippen molar-refractivity contribution >= 4 is 29.5 Å². The minimum atomic E-state index is -1.30. The van der Waals surface area contributed by atoms with Crippen LogP contribution >= 0.6 is 0 Å². The summed E-state index contributed by atoms with van der Waals surface area (Å²) in [6.45, 7) is 6.80. The van der Waals surface area contributed by atoms with Crippen molar-refractivity contribution in [2.75, 3.05) is 0 Å². The molecule has 4 amide bonds. The van der Waals surface area contributed by atoms with E-state index in [4.69, 9.17) is 0 Å². The number of imide groups is 1. The van der Waals surface area contributed by atoms with Crippen LogP contribution in [0, 0.1) is 16.0 Å². The van der Waals surface area contributed by atoms with Crippen molar-refractivity contribution < 1.29 is 29.2 Å². The molecule has 0 saturated carbocycles. The van der Waals surface area contributed by atoms with Crippen LogP contribution in [0.4, 0.5) is 10.5 Å². The number of amides is 4. The highest BCUT2D eigenvalue weighted by Crippen LogP contribution is 2.33. The zero-order valence-corrected chi connectivity index (χ0v) is 21.8. The Kier molecular flexibility index (Phi) is 8.49. The number of carbonyl (C=O) groups excluding carboxylic acids is 3. The zero-order chi connectivity index (χ0) is 28.2. The van der Waals surface area contributed by atoms with Crippen molar-refractivity contribution in [2.45, 2.75) is 64.7 Å². The molecule has 1 aliphatic heterocycles. The molecule has 1 heterocycles. The van der Waals surface area contributed by atoms with Gasteiger partial charge in [0, 0.05) is 25.1 Å². The molecule has 11 nitrogen and oxygen atoms in total. The molecule has 2 N–H and O–H groups in total. The Balaban J connectivity index is 1.86. The summed E-state index contributed by atoms with van der Waals surface area (Å²) >= 11 is 0. The number of aliphatic carboxylic acids is 1. The third-order valence-electron chi connectivity index (χ3n) is 6.55. The predicted molar refractivity (Wildman–Crippen MR) is 138 cm³/mol. The van der Waals surface area contributed by atoms with Crippen LogP contribution in [-0.2, 0) is 27.3 Å². The summed E-state index contributed by atoms with van der Waals surface area (Å²) in [6.07, 6.45) is 0.179. The molecular formula is C27H32N4O7. The maximum atomic E-state index is 13.6. The maximum Gasteiger partial charge on any atom is 0.328 e. The fraction of sp³-hybridized carbons (Fsp3) is 0.407. The van der Waals surface area contributed by atoms with Gasteiger partial charge in [-0.25, -0.2) is 14.5 Å². The molecule has 11 heteroatoms. The van der Waals surface area contributed by atoms with Crippen LogP contribution in [0.15, 0.2) is 54.6 Å². The Bertz CT molecular complexity index is 1210. The molecule has 0 aliphatic carbocycles. The van der Waals surface area contributed by atoms with Crippen LogP contribution in [-0.4, -0.2) is 61.3 Å². The van der Waals surface area contributed by atoms with Crippen molar-refractivity contribution in [3.63, 3.8) is 0 Å². The Hall–Kier alpha value is -4.28. The first-order valence-corrected chi connectivity index (χ1v) is 12.3. The molecule has 202 valence electrons. The minimum absolute atomic E-state index is 0.00611. The fourth-order valence-corrected chi connectivity index (χ4v) is 4.41. The van der Waals surface area contributed by atoms with Gasteiger partial charge in [-0.05, 0) is 37.3 Å². The number of nitrogens with zero attached hydrogens (tertiary/aromatic N) is 3. The first-order valence-electron chi connectivity index (χ1n) is 12.3. The van der Waals surface area contributed by atoms with Crippen molar-refractivity contribution in [1.82, 2.24) is 15.1 Å². The number of urea groups is 1. The van der Waals surface area contributed by atoms with Crippen LogP contribution in [0.5, 0.6) is 0 Å². The van der Waals surface area contributed by atoms with E-state index in [1.807, 2.05) is 13.8 Å². The zero-order valence-electron chi connectivity index (χ0n) is 21.8. The number of non-ortho nitro benzene ring substituents is 1. The van der Waals surface area contributed by atoms with Gasteiger partial charge >= 0.3 is 12.0 Å². The van der Waals surface area contributed by atoms with Crippen molar-refractivity contribution in [3.05, 3.63) is 75.8 Å². The summed E-state index contributed by atoms with van der Waals surface area (Å²) in [4.78, 5) is 65.1. The Morgan fingerprint density at radius 2 is 1.63 bits per heavy atom. The summed E-state index contributed by atoms with van der Waals surface area (Å²) in [6, 6.07) is 11.3. The molecule has 1 saturated heterocycles. The van der Waals surface area contributed by atoms with Gasteiger partial charge in [-0.15, -0.1) is 0 Å². The molecule has 0 aromatic heterocycles. The smallest absolute Gasteiger partial charge is 0.328 e. The monoisotopic (exact) mass is 524 g/mol. The molecule has 0 spiro atoms. The van der Waals surface area contributed by atoms with Gasteiger partial charge in [0.1, 0.15) is 17.6 Å². The number of rotatable bonds is 11. The lowest BCUT2D eigenvalue weighted by Gasteiger charge is -2.28. The van der Waals surface area contributed by atoms with E-state index in [1.54, 1.807) is 44.2 Å². The molecule has 38 heavy (non-hydrogen) atoms. The number of benzene rings is 2. The first-order chi connectivity index (χ1) is 17.8. The number of carbonyl (C=O) groups is 4. The lowest BCUT2D eigenvalue weighted by Crippen LogP contribution is -2.55. The van der Waals surface area contributed by atoms with Crippen molar-refractivity contribution in [3.8, 4) is 0 Å². The third-order valence-corrected chi connectivity index (χ3v) is 6.55. The summed E-state index contributed by atoms with van der Waals surface area (Å²) < 4.78 is 0. The van der Waals surface area contributed by atoms with Crippen LogP contribution in [0.1, 0.15) is 45.2 Å². The maximum absolute atomic E-state index is 13.6. The molecular weight excluding hydrogens is 492 g/mol. The van der Waals surface area contributed by atoms with Gasteiger partial charge in [-0.3, -0.25) is 19.7 Å². The summed E-state index contributed by atoms with van der Waals surface area (Å²) in [5.74, 6) is -2.63. The average Bonchev–Trinajstić information content (AvgIpc) is 3.02. The van der Waals surface area contributed by atoms with Gasteiger partial charge in [-0.1, -0.05) is 56.3 Å². The highest BCUT2D eigenvalue weighted by atomic mass is 16.6. The molecule has 2 aromatic carbocycles. The summed E-state index contributed by atoms with van der Waals surface area (Å²) in [7, 11) is 0. The summed E-state index contributed by atoms with van der Waals surface area (Å²) in [5, 5.41) is 23.2. The second-order valence-electron chi connectivity index (χ2n) is 10.3. The van der Waals surface area contributed by atoms with Crippen molar-refractivity contribution in [2.24, 2.45) is 5.92 Å². The molecule has 1 aliphatic rings. The van der Waals surface area contributed by atoms with E-state index in [9.17, 15) is 34.4 Å². The van der Waals surface area contributed by atoms with E-state index in [0.717, 1.165) is 4.90 Å². The van der Waals surface area contributed by atoms with E-state index in [1.165, 1.54) is 29.2 Å². The third kappa shape index (κ3) is 6.16. The first kappa shape index (κ1) is 28.3. The number of carboxylic acids is 1. The van der Waals surface area contributed by atoms with Gasteiger partial charge in [-0.2, -0.15) is 0 Å². The SMILES string of the molecule is CC(C)CC(C(=O)NC(Cc1ccccc1)C(=O)O)N1C(=O)N(Cc2ccc([N+](=O)[O-])cc2)C(C)(C)C1=O. The molecule has 0 radical (unpaired) electrons. The largest absolute Gasteiger partial charge is 0.480 e. The lowest BCUT2D eigenvalue weighted by atomic mass is 9.98. The fourth-order valence-electron chi connectivity index (χ4n) is 4.41. The number of carboxylic acid groups (broad SMARTS) is 1. The van der Waals surface area contributed by atoms with E-state index >= 15 is 0 Å². The predicted octanol–water partition coefficient (Wildman–Crippen LogP) is 3.36. The lowest BCUT2D eigenvalue weighted by molar-refractivity contribution is -0.384. The Labute approximate surface area is 220 Å². The van der Waals surface area contributed by atoms with Crippen LogP contribution in [0.3, 0.4) is 0 Å². The van der Waals surface area contributed by atoms with Crippen LogP contribution in [0.25, 0.3) is 0 Å². The topological polar surface area (TPSA) is 150 Å². The van der Waals surface area contributed by atoms with Gasteiger partial charge in [0.25, 0.3) is 11.6 Å². The number of hydrogen-bond donors (Lipinski definition) is 2. The highest BCUT2D eigenvalue weighted by Gasteiger charge is 2.54. The van der Waals surface area contributed by atoms with E-state index in [0.29, 0.717) is 11.1 Å². The normalized spacial score (nSPS) is 16.4. The summed E-state index contributed by atoms with van der Waals surface area (Å²) in [5.41, 5.74) is -0.116. The van der Waals surface area contributed by atoms with Crippen LogP contribution < -0.4 is 5.32 Å². The van der Waals surface area contributed by atoms with Gasteiger partial charge in [0.05, 0.1) is 4.92 Å². The number of hydrogen-bond acceptors (Lipinski definition) is 6. The molecule has 3 rings (SSSR count). The minimum Gasteiger partial charge on any atom is -0.480 e. The second kappa shape index (κ2) is 11.4. The molecule has 2 aromatic rings. The van der Waals surface area contributed by atoms with E-state index in [2.05, 4.69) is 5.32 Å². The van der Waals surface area contributed by atoms with Gasteiger partial charge in [0.2, 0.25) is 5.91 Å². The number of nitro benzene ring substituents is 1. The Morgan fingerprint density at radius 1 is 1.03 bits per heavy atom. The van der Waals surface area contributed by atoms with Crippen LogP contribution in [0.2, 0.25) is 0 Å². The molecule has 0 bridgehead atoms. The highest BCUT2D eigenvalue weighted by molar-refractivity contribution is 6.09. The molecule has 1 fully saturated rings. The quantitative estimate of drug-likeness (QED) is 0.260. The Morgan fingerprint density at radius 3 is 2.16 bits per heavy atom. The van der Waals surface area contributed by atoms with Gasteiger partial charge in [0.15, 0.2) is 0 Å². The number of nitro groups is 1. The van der Waals surface area contributed by atoms with E-state index in [-0.39, 0.29) is 31.0 Å². The average molecular weight is 525 g/mol. The molecule has 2 unspecified atom stereocenters. The van der Waals surface area contributed by atoms with Crippen molar-refractivity contribution in [1.29, 1.82) is 0 Å². The number of nitrogens with one attached hydrogen (secondary N) is 1.